The summed E-state index contributed by atoms with van der Waals surface area (Å²) in [5.74, 6) is 0.164. The highest BCUT2D eigenvalue weighted by atomic mass is 32.1. The van der Waals surface area contributed by atoms with Gasteiger partial charge in [-0.25, -0.2) is 4.39 Å². The third-order valence-corrected chi connectivity index (χ3v) is 7.02. The lowest BCUT2D eigenvalue weighted by atomic mass is 9.85. The van der Waals surface area contributed by atoms with Crippen LogP contribution in [0.1, 0.15) is 79.7 Å². The molecule has 0 bridgehead atoms. The summed E-state index contributed by atoms with van der Waals surface area (Å²) in [6.07, 6.45) is 4.89. The first-order chi connectivity index (χ1) is 15.9. The minimum Gasteiger partial charge on any atom is -0.457 e. The molecular formula is C26H40F2N2O2S2. The fourth-order valence-electron chi connectivity index (χ4n) is 4.35. The van der Waals surface area contributed by atoms with Crippen LogP contribution in [0.3, 0.4) is 0 Å². The van der Waals surface area contributed by atoms with Gasteiger partial charge < -0.3 is 21.3 Å². The monoisotopic (exact) mass is 514 g/mol. The number of ether oxygens (including phenoxy) is 1. The highest BCUT2D eigenvalue weighted by Crippen LogP contribution is 2.48. The van der Waals surface area contributed by atoms with E-state index in [1.54, 1.807) is 20.8 Å². The number of halogens is 2. The van der Waals surface area contributed by atoms with Crippen molar-refractivity contribution in [1.29, 1.82) is 0 Å². The van der Waals surface area contributed by atoms with Crippen molar-refractivity contribution in [3.63, 3.8) is 0 Å². The summed E-state index contributed by atoms with van der Waals surface area (Å²) in [5.41, 5.74) is 14.6. The predicted molar refractivity (Wildman–Crippen MR) is 143 cm³/mol. The van der Waals surface area contributed by atoms with Crippen LogP contribution in [0.4, 0.5) is 8.78 Å². The van der Waals surface area contributed by atoms with Crippen LogP contribution in [0.15, 0.2) is 24.2 Å². The number of benzene rings is 1. The first-order valence-corrected chi connectivity index (χ1v) is 12.9. The molecule has 2 aliphatic rings. The summed E-state index contributed by atoms with van der Waals surface area (Å²) in [6, 6.07) is 1.35. The Morgan fingerprint density at radius 1 is 1.29 bits per heavy atom. The molecule has 8 heteroatoms. The molecule has 1 aromatic heterocycles. The van der Waals surface area contributed by atoms with Crippen LogP contribution in [-0.4, -0.2) is 18.0 Å². The van der Waals surface area contributed by atoms with Crippen molar-refractivity contribution in [2.24, 2.45) is 11.5 Å². The zero-order valence-electron chi connectivity index (χ0n) is 21.2. The fourth-order valence-corrected chi connectivity index (χ4v) is 5.49. The minimum atomic E-state index is -1.54. The predicted octanol–water partition coefficient (Wildman–Crippen LogP) is 6.13. The van der Waals surface area contributed by atoms with E-state index in [0.717, 1.165) is 36.3 Å². The lowest BCUT2D eigenvalue weighted by Gasteiger charge is -2.20. The molecule has 2 heterocycles. The van der Waals surface area contributed by atoms with Gasteiger partial charge in [-0.2, -0.15) is 17.0 Å². The Hall–Kier alpha value is -1.61. The van der Waals surface area contributed by atoms with Crippen molar-refractivity contribution in [2.75, 3.05) is 7.05 Å². The van der Waals surface area contributed by atoms with Gasteiger partial charge in [0.1, 0.15) is 11.6 Å². The first-order valence-electron chi connectivity index (χ1n) is 11.4. The normalized spacial score (nSPS) is 17.8. The molecule has 4 rings (SSSR count). The standard InChI is InChI=1S/C16H21FOS.C7H9FOS.C2H5N.CH5N/c1-9(2)14-12-7-16(3,17)18-15(12)11-6-4-5-10(11)13(14)8-19;1-7(2,9)6-3-5(8)4-10-6;1-2-3;1-2/h9,19H,4-8H2,1-3H3;3-4,9H,1-2H3;2H,1,3H2;2H2,1H3. The third-order valence-electron chi connectivity index (χ3n) is 5.49. The number of aliphatic hydroxyl groups is 1. The maximum absolute atomic E-state index is 14.3. The van der Waals surface area contributed by atoms with E-state index in [9.17, 15) is 13.9 Å². The quantitative estimate of drug-likeness (QED) is 0.372. The largest absolute Gasteiger partial charge is 0.457 e. The van der Waals surface area contributed by atoms with Crippen molar-refractivity contribution in [3.8, 4) is 5.75 Å². The molecule has 34 heavy (non-hydrogen) atoms. The second kappa shape index (κ2) is 12.9. The van der Waals surface area contributed by atoms with Gasteiger partial charge in [-0.15, -0.1) is 11.3 Å². The van der Waals surface area contributed by atoms with Crippen LogP contribution in [0.5, 0.6) is 5.75 Å². The maximum Gasteiger partial charge on any atom is 0.249 e. The molecule has 0 fully saturated rings. The molecule has 0 spiro atoms. The van der Waals surface area contributed by atoms with Gasteiger partial charge >= 0.3 is 0 Å². The Labute approximate surface area is 212 Å². The maximum atomic E-state index is 14.3. The molecule has 2 aromatic rings. The lowest BCUT2D eigenvalue weighted by molar-refractivity contribution is -0.0240. The zero-order valence-corrected chi connectivity index (χ0v) is 22.9. The Kier molecular flexibility index (Phi) is 11.5. The van der Waals surface area contributed by atoms with Crippen molar-refractivity contribution in [3.05, 3.63) is 62.7 Å². The summed E-state index contributed by atoms with van der Waals surface area (Å²) in [7, 11) is 1.50. The van der Waals surface area contributed by atoms with Gasteiger partial charge in [0.15, 0.2) is 0 Å². The molecule has 0 radical (unpaired) electrons. The number of alkyl halides is 1. The fraction of sp³-hybridized carbons (Fsp3) is 0.538. The van der Waals surface area contributed by atoms with Gasteiger partial charge in [0, 0.05) is 34.9 Å². The van der Waals surface area contributed by atoms with E-state index >= 15 is 0 Å². The highest BCUT2D eigenvalue weighted by Gasteiger charge is 2.40. The molecule has 1 aliphatic heterocycles. The van der Waals surface area contributed by atoms with Crippen molar-refractivity contribution >= 4 is 24.0 Å². The first kappa shape index (κ1) is 30.4. The number of fused-ring (bicyclic) bond motifs is 3. The molecular weight excluding hydrogens is 474 g/mol. The number of hydrogen-bond donors (Lipinski definition) is 4. The smallest absolute Gasteiger partial charge is 0.249 e. The van der Waals surface area contributed by atoms with Crippen LogP contribution >= 0.6 is 24.0 Å². The lowest BCUT2D eigenvalue weighted by Crippen LogP contribution is -2.23. The minimum absolute atomic E-state index is 0.276. The second-order valence-electron chi connectivity index (χ2n) is 9.13. The third kappa shape index (κ3) is 7.44. The molecule has 0 saturated carbocycles. The second-order valence-corrected chi connectivity index (χ2v) is 10.4. The van der Waals surface area contributed by atoms with E-state index in [1.807, 2.05) is 0 Å². The Morgan fingerprint density at radius 3 is 2.26 bits per heavy atom. The van der Waals surface area contributed by atoms with Gasteiger partial charge in [-0.3, -0.25) is 0 Å². The van der Waals surface area contributed by atoms with E-state index in [1.165, 1.54) is 58.3 Å². The average Bonchev–Trinajstić information content (AvgIpc) is 3.46. The molecule has 1 aromatic carbocycles. The summed E-state index contributed by atoms with van der Waals surface area (Å²) >= 11 is 5.75. The van der Waals surface area contributed by atoms with Crippen LogP contribution in [0.2, 0.25) is 0 Å². The molecule has 5 N–H and O–H groups in total. The summed E-state index contributed by atoms with van der Waals surface area (Å²) in [5, 5.41) is 10.7. The van der Waals surface area contributed by atoms with E-state index in [2.05, 4.69) is 44.5 Å². The number of rotatable bonds is 3. The van der Waals surface area contributed by atoms with Gasteiger partial charge in [0.25, 0.3) is 0 Å². The number of thiophene rings is 1. The van der Waals surface area contributed by atoms with Crippen LogP contribution < -0.4 is 16.2 Å². The summed E-state index contributed by atoms with van der Waals surface area (Å²) in [6.45, 7) is 12.3. The van der Waals surface area contributed by atoms with E-state index in [4.69, 9.17) is 4.74 Å². The summed E-state index contributed by atoms with van der Waals surface area (Å²) < 4.78 is 32.3. The van der Waals surface area contributed by atoms with Crippen LogP contribution in [0.25, 0.3) is 0 Å². The van der Waals surface area contributed by atoms with E-state index in [0.29, 0.717) is 17.2 Å². The summed E-state index contributed by atoms with van der Waals surface area (Å²) in [4.78, 5) is 0.657. The van der Waals surface area contributed by atoms with Crippen molar-refractivity contribution < 1.29 is 18.6 Å². The van der Waals surface area contributed by atoms with Crippen LogP contribution in [0, 0.1) is 5.82 Å². The Bertz CT molecular complexity index is 951. The van der Waals surface area contributed by atoms with Gasteiger partial charge in [0.2, 0.25) is 5.85 Å². The van der Waals surface area contributed by atoms with Crippen LogP contribution in [-0.2, 0) is 30.6 Å². The van der Waals surface area contributed by atoms with Crippen molar-refractivity contribution in [2.45, 2.75) is 83.4 Å². The number of nitrogens with two attached hydrogens (primary N) is 2. The van der Waals surface area contributed by atoms with Gasteiger partial charge in [0.05, 0.1) is 5.60 Å². The topological polar surface area (TPSA) is 81.5 Å². The molecule has 0 saturated heterocycles. The molecule has 1 atom stereocenters. The van der Waals surface area contributed by atoms with E-state index in [-0.39, 0.29) is 5.82 Å². The number of hydrogen-bond acceptors (Lipinski definition) is 6. The molecule has 1 unspecified atom stereocenters. The SMILES string of the molecule is C=CN.CC(C)(O)c1cc(F)cs1.CC(C)c1c(CS)c2c(c3c1CC(C)(F)O3)CCC2.CN. The molecule has 1 aliphatic carbocycles. The molecule has 0 amide bonds. The Balaban J connectivity index is 0.000000325. The van der Waals surface area contributed by atoms with Gasteiger partial charge in [-0.1, -0.05) is 20.4 Å². The van der Waals surface area contributed by atoms with Crippen molar-refractivity contribution in [1.82, 2.24) is 0 Å². The van der Waals surface area contributed by atoms with E-state index < -0.39 is 11.5 Å². The molecule has 192 valence electrons. The number of thiol groups is 1. The Morgan fingerprint density at radius 2 is 1.85 bits per heavy atom. The molecule has 4 nitrogen and oxygen atoms in total. The zero-order chi connectivity index (χ0) is 26.3. The highest BCUT2D eigenvalue weighted by molar-refractivity contribution is 7.79. The average molecular weight is 515 g/mol. The van der Waals surface area contributed by atoms with Gasteiger partial charge in [-0.05, 0) is 80.6 Å².